The average molecular weight is 466 g/mol. The lowest BCUT2D eigenvalue weighted by molar-refractivity contribution is 0.0628. The SMILES string of the molecule is O=C(Nc1sc2c(c1C(=O)N1CCN(Cc3ccccc3)CC1)CCCC2)c1cccs1. The van der Waals surface area contributed by atoms with Crippen molar-refractivity contribution >= 4 is 39.5 Å². The third-order valence-corrected chi connectivity index (χ3v) is 8.34. The summed E-state index contributed by atoms with van der Waals surface area (Å²) in [7, 11) is 0. The second-order valence-corrected chi connectivity index (χ2v) is 10.5. The maximum atomic E-state index is 13.7. The van der Waals surface area contributed by atoms with Crippen LogP contribution in [0.1, 0.15) is 48.9 Å². The number of hydrogen-bond acceptors (Lipinski definition) is 5. The van der Waals surface area contributed by atoms with Gasteiger partial charge in [-0.25, -0.2) is 0 Å². The third-order valence-electron chi connectivity index (χ3n) is 6.27. The van der Waals surface area contributed by atoms with Crippen LogP contribution in [-0.4, -0.2) is 47.8 Å². The van der Waals surface area contributed by atoms with Gasteiger partial charge in [0.05, 0.1) is 10.4 Å². The van der Waals surface area contributed by atoms with Crippen LogP contribution in [0.3, 0.4) is 0 Å². The molecule has 5 nitrogen and oxygen atoms in total. The van der Waals surface area contributed by atoms with Crippen LogP contribution < -0.4 is 5.32 Å². The summed E-state index contributed by atoms with van der Waals surface area (Å²) < 4.78 is 0. The van der Waals surface area contributed by atoms with Crippen molar-refractivity contribution in [2.45, 2.75) is 32.2 Å². The number of benzene rings is 1. The van der Waals surface area contributed by atoms with Gasteiger partial charge < -0.3 is 10.2 Å². The number of amides is 2. The summed E-state index contributed by atoms with van der Waals surface area (Å²) in [6.45, 7) is 4.08. The van der Waals surface area contributed by atoms with E-state index in [1.165, 1.54) is 27.3 Å². The molecular formula is C25H27N3O2S2. The molecule has 7 heteroatoms. The number of thiophene rings is 2. The molecular weight excluding hydrogens is 438 g/mol. The molecule has 1 aromatic carbocycles. The molecule has 1 aliphatic heterocycles. The number of carbonyl (C=O) groups is 2. The molecule has 0 atom stereocenters. The fraction of sp³-hybridized carbons (Fsp3) is 0.360. The van der Waals surface area contributed by atoms with E-state index >= 15 is 0 Å². The molecule has 1 aliphatic carbocycles. The quantitative estimate of drug-likeness (QED) is 0.583. The highest BCUT2D eigenvalue weighted by Gasteiger charge is 2.31. The second-order valence-electron chi connectivity index (χ2n) is 8.40. The zero-order chi connectivity index (χ0) is 21.9. The number of rotatable bonds is 5. The molecule has 1 N–H and O–H groups in total. The van der Waals surface area contributed by atoms with Gasteiger partial charge in [-0.2, -0.15) is 0 Å². The number of nitrogens with one attached hydrogen (secondary N) is 1. The highest BCUT2D eigenvalue weighted by Crippen LogP contribution is 2.39. The smallest absolute Gasteiger partial charge is 0.266 e. The number of fused-ring (bicyclic) bond motifs is 1. The third kappa shape index (κ3) is 4.51. The van der Waals surface area contributed by atoms with Crippen LogP contribution in [0, 0.1) is 0 Å². The molecule has 0 spiro atoms. The fourth-order valence-electron chi connectivity index (χ4n) is 4.56. The number of aryl methyl sites for hydroxylation is 1. The Balaban J connectivity index is 1.32. The van der Waals surface area contributed by atoms with Crippen molar-refractivity contribution in [3.05, 3.63) is 74.3 Å². The minimum Gasteiger partial charge on any atom is -0.336 e. The average Bonchev–Trinajstić information content (AvgIpc) is 3.48. The van der Waals surface area contributed by atoms with E-state index in [1.807, 2.05) is 28.5 Å². The molecule has 2 aliphatic rings. The van der Waals surface area contributed by atoms with E-state index in [0.29, 0.717) is 18.0 Å². The van der Waals surface area contributed by atoms with Crippen molar-refractivity contribution in [3.63, 3.8) is 0 Å². The Morgan fingerprint density at radius 1 is 0.938 bits per heavy atom. The molecule has 5 rings (SSSR count). The molecule has 0 unspecified atom stereocenters. The summed E-state index contributed by atoms with van der Waals surface area (Å²) in [5, 5.41) is 5.69. The van der Waals surface area contributed by atoms with Gasteiger partial charge in [0.15, 0.2) is 0 Å². The van der Waals surface area contributed by atoms with Crippen LogP contribution >= 0.6 is 22.7 Å². The second kappa shape index (κ2) is 9.57. The van der Waals surface area contributed by atoms with Crippen LogP contribution in [0.2, 0.25) is 0 Å². The molecule has 32 heavy (non-hydrogen) atoms. The Morgan fingerprint density at radius 3 is 2.47 bits per heavy atom. The van der Waals surface area contributed by atoms with Crippen LogP contribution in [0.15, 0.2) is 47.8 Å². The predicted molar refractivity (Wildman–Crippen MR) is 131 cm³/mol. The summed E-state index contributed by atoms with van der Waals surface area (Å²) in [5.41, 5.74) is 3.21. The van der Waals surface area contributed by atoms with Gasteiger partial charge in [-0.1, -0.05) is 36.4 Å². The Hall–Kier alpha value is -2.48. The fourth-order valence-corrected chi connectivity index (χ4v) is 6.46. The normalized spacial score (nSPS) is 16.6. The van der Waals surface area contributed by atoms with Gasteiger partial charge in [-0.05, 0) is 48.3 Å². The first kappa shape index (κ1) is 21.4. The number of hydrogen-bond donors (Lipinski definition) is 1. The summed E-state index contributed by atoms with van der Waals surface area (Å²) >= 11 is 3.02. The van der Waals surface area contributed by atoms with Gasteiger partial charge in [0, 0.05) is 37.6 Å². The summed E-state index contributed by atoms with van der Waals surface area (Å²) in [6, 6.07) is 14.2. The van der Waals surface area contributed by atoms with Crippen molar-refractivity contribution in [2.75, 3.05) is 31.5 Å². The Labute approximate surface area is 196 Å². The van der Waals surface area contributed by atoms with Crippen molar-refractivity contribution < 1.29 is 9.59 Å². The molecule has 3 heterocycles. The maximum absolute atomic E-state index is 13.7. The van der Waals surface area contributed by atoms with Gasteiger partial charge in [0.25, 0.3) is 11.8 Å². The molecule has 0 radical (unpaired) electrons. The monoisotopic (exact) mass is 465 g/mol. The van der Waals surface area contributed by atoms with Crippen LogP contribution in [0.25, 0.3) is 0 Å². The largest absolute Gasteiger partial charge is 0.336 e. The van der Waals surface area contributed by atoms with E-state index < -0.39 is 0 Å². The van der Waals surface area contributed by atoms with Crippen molar-refractivity contribution in [3.8, 4) is 0 Å². The zero-order valence-electron chi connectivity index (χ0n) is 18.0. The van der Waals surface area contributed by atoms with E-state index in [-0.39, 0.29) is 11.8 Å². The summed E-state index contributed by atoms with van der Waals surface area (Å²) in [6.07, 6.45) is 4.18. The molecule has 3 aromatic rings. The summed E-state index contributed by atoms with van der Waals surface area (Å²) in [4.78, 5) is 32.7. The van der Waals surface area contributed by atoms with Crippen LogP contribution in [-0.2, 0) is 19.4 Å². The Bertz CT molecular complexity index is 1080. The zero-order valence-corrected chi connectivity index (χ0v) is 19.6. The maximum Gasteiger partial charge on any atom is 0.266 e. The lowest BCUT2D eigenvalue weighted by Gasteiger charge is -2.35. The predicted octanol–water partition coefficient (Wildman–Crippen LogP) is 4.90. The standard InChI is InChI=1S/C25H27N3O2S2/c29-23(21-11-6-16-31-21)26-24-22(19-9-4-5-10-20(19)32-24)25(30)28-14-12-27(13-15-28)17-18-7-2-1-3-8-18/h1-3,6-8,11,16H,4-5,9-10,12-15,17H2,(H,26,29). The van der Waals surface area contributed by atoms with E-state index in [9.17, 15) is 9.59 Å². The first-order chi connectivity index (χ1) is 15.7. The minimum atomic E-state index is -0.125. The number of carbonyl (C=O) groups excluding carboxylic acids is 2. The molecule has 0 saturated carbocycles. The highest BCUT2D eigenvalue weighted by molar-refractivity contribution is 7.17. The van der Waals surface area contributed by atoms with E-state index in [4.69, 9.17) is 0 Å². The Morgan fingerprint density at radius 2 is 1.72 bits per heavy atom. The van der Waals surface area contributed by atoms with Crippen molar-refractivity contribution in [2.24, 2.45) is 0 Å². The van der Waals surface area contributed by atoms with E-state index in [0.717, 1.165) is 55.9 Å². The van der Waals surface area contributed by atoms with Gasteiger partial charge in [0.2, 0.25) is 0 Å². The molecule has 2 amide bonds. The first-order valence-electron chi connectivity index (χ1n) is 11.2. The molecule has 1 fully saturated rings. The van der Waals surface area contributed by atoms with Gasteiger partial charge in [-0.3, -0.25) is 14.5 Å². The lowest BCUT2D eigenvalue weighted by atomic mass is 9.95. The lowest BCUT2D eigenvalue weighted by Crippen LogP contribution is -2.48. The van der Waals surface area contributed by atoms with E-state index in [1.54, 1.807) is 11.3 Å². The number of piperazine rings is 1. The Kier molecular flexibility index (Phi) is 6.39. The van der Waals surface area contributed by atoms with Crippen molar-refractivity contribution in [1.29, 1.82) is 0 Å². The van der Waals surface area contributed by atoms with Crippen molar-refractivity contribution in [1.82, 2.24) is 9.80 Å². The number of anilines is 1. The van der Waals surface area contributed by atoms with Gasteiger partial charge in [-0.15, -0.1) is 22.7 Å². The molecule has 0 bridgehead atoms. The van der Waals surface area contributed by atoms with Crippen LogP contribution in [0.4, 0.5) is 5.00 Å². The van der Waals surface area contributed by atoms with Crippen LogP contribution in [0.5, 0.6) is 0 Å². The van der Waals surface area contributed by atoms with E-state index in [2.05, 4.69) is 34.5 Å². The summed E-state index contributed by atoms with van der Waals surface area (Å²) in [5.74, 6) is -0.0504. The topological polar surface area (TPSA) is 52.7 Å². The van der Waals surface area contributed by atoms with Gasteiger partial charge in [0.1, 0.15) is 5.00 Å². The molecule has 2 aromatic heterocycles. The molecule has 1 saturated heterocycles. The first-order valence-corrected chi connectivity index (χ1v) is 12.9. The van der Waals surface area contributed by atoms with Gasteiger partial charge >= 0.3 is 0 Å². The number of nitrogens with zero attached hydrogens (tertiary/aromatic N) is 2. The minimum absolute atomic E-state index is 0.0743. The molecule has 166 valence electrons. The highest BCUT2D eigenvalue weighted by atomic mass is 32.1.